The summed E-state index contributed by atoms with van der Waals surface area (Å²) < 4.78 is 11.2. The molecule has 6 heteroatoms. The minimum atomic E-state index is -0.0714. The Morgan fingerprint density at radius 2 is 2.18 bits per heavy atom. The van der Waals surface area contributed by atoms with Gasteiger partial charge < -0.3 is 20.1 Å². The molecule has 0 aliphatic carbocycles. The number of hydrogen-bond donors (Lipinski definition) is 1. The number of carbonyl (C=O) groups is 1. The fraction of sp³-hybridized carbons (Fsp3) is 0.562. The number of halogens is 1. The molecule has 1 fully saturated rings. The second-order valence-electron chi connectivity index (χ2n) is 5.37. The molecule has 2 N–H and O–H groups in total. The Kier molecular flexibility index (Phi) is 5.91. The van der Waals surface area contributed by atoms with Crippen LogP contribution in [0.2, 0.25) is 5.02 Å². The molecule has 0 bridgehead atoms. The molecule has 22 heavy (non-hydrogen) atoms. The number of hydrogen-bond acceptors (Lipinski definition) is 4. The van der Waals surface area contributed by atoms with Crippen molar-refractivity contribution in [3.05, 3.63) is 22.7 Å². The molecule has 1 amide bonds. The highest BCUT2D eigenvalue weighted by Crippen LogP contribution is 2.37. The van der Waals surface area contributed by atoms with Gasteiger partial charge in [-0.1, -0.05) is 18.5 Å². The molecule has 5 nitrogen and oxygen atoms in total. The van der Waals surface area contributed by atoms with Gasteiger partial charge in [-0.25, -0.2) is 0 Å². The Balaban J connectivity index is 2.26. The maximum atomic E-state index is 12.5. The highest BCUT2D eigenvalue weighted by Gasteiger charge is 2.26. The van der Waals surface area contributed by atoms with Crippen molar-refractivity contribution in [3.63, 3.8) is 0 Å². The third-order valence-electron chi connectivity index (χ3n) is 3.52. The van der Waals surface area contributed by atoms with Crippen molar-refractivity contribution in [2.75, 3.05) is 26.3 Å². The summed E-state index contributed by atoms with van der Waals surface area (Å²) in [6, 6.07) is 3.39. The van der Waals surface area contributed by atoms with E-state index < -0.39 is 0 Å². The summed E-state index contributed by atoms with van der Waals surface area (Å²) in [5, 5.41) is 0.395. The second-order valence-corrected chi connectivity index (χ2v) is 5.77. The van der Waals surface area contributed by atoms with Gasteiger partial charge in [0.25, 0.3) is 5.91 Å². The van der Waals surface area contributed by atoms with E-state index in [1.807, 2.05) is 13.8 Å². The molecule has 2 rings (SSSR count). The van der Waals surface area contributed by atoms with Crippen LogP contribution in [-0.4, -0.2) is 43.2 Å². The lowest BCUT2D eigenvalue weighted by atomic mass is 10.1. The van der Waals surface area contributed by atoms with Gasteiger partial charge >= 0.3 is 0 Å². The quantitative estimate of drug-likeness (QED) is 0.873. The van der Waals surface area contributed by atoms with Crippen LogP contribution in [0.4, 0.5) is 0 Å². The van der Waals surface area contributed by atoms with Crippen LogP contribution in [-0.2, 0) is 0 Å². The summed E-state index contributed by atoms with van der Waals surface area (Å²) in [5.41, 5.74) is 6.37. The van der Waals surface area contributed by atoms with Crippen molar-refractivity contribution >= 4 is 17.5 Å². The number of benzene rings is 1. The van der Waals surface area contributed by atoms with Crippen LogP contribution in [0.15, 0.2) is 12.1 Å². The average Bonchev–Trinajstić information content (AvgIpc) is 2.92. The first-order chi connectivity index (χ1) is 10.6. The molecule has 1 atom stereocenters. The van der Waals surface area contributed by atoms with E-state index in [9.17, 15) is 4.79 Å². The van der Waals surface area contributed by atoms with Gasteiger partial charge in [0.05, 0.1) is 18.2 Å². The van der Waals surface area contributed by atoms with Crippen LogP contribution in [0.1, 0.15) is 37.0 Å². The van der Waals surface area contributed by atoms with E-state index >= 15 is 0 Å². The molecule has 0 unspecified atom stereocenters. The fourth-order valence-corrected chi connectivity index (χ4v) is 2.72. The highest BCUT2D eigenvalue weighted by atomic mass is 35.5. The minimum Gasteiger partial charge on any atom is -0.490 e. The van der Waals surface area contributed by atoms with Gasteiger partial charge in [0.15, 0.2) is 11.5 Å². The summed E-state index contributed by atoms with van der Waals surface area (Å²) in [6.07, 6.45) is 1.70. The van der Waals surface area contributed by atoms with E-state index in [4.69, 9.17) is 26.8 Å². The van der Waals surface area contributed by atoms with Crippen LogP contribution < -0.4 is 15.2 Å². The second kappa shape index (κ2) is 7.70. The molecule has 1 aliphatic rings. The molecule has 0 spiro atoms. The Morgan fingerprint density at radius 3 is 2.77 bits per heavy atom. The Bertz CT molecular complexity index is 536. The van der Waals surface area contributed by atoms with Crippen LogP contribution in [0.25, 0.3) is 0 Å². The van der Waals surface area contributed by atoms with E-state index in [1.165, 1.54) is 0 Å². The molecule has 1 aliphatic heterocycles. The smallest absolute Gasteiger partial charge is 0.254 e. The first-order valence-electron chi connectivity index (χ1n) is 7.70. The first-order valence-corrected chi connectivity index (χ1v) is 8.08. The van der Waals surface area contributed by atoms with E-state index in [-0.39, 0.29) is 11.9 Å². The first kappa shape index (κ1) is 16.9. The maximum absolute atomic E-state index is 12.5. The largest absolute Gasteiger partial charge is 0.490 e. The number of rotatable bonds is 6. The van der Waals surface area contributed by atoms with Crippen LogP contribution in [0.3, 0.4) is 0 Å². The van der Waals surface area contributed by atoms with Crippen LogP contribution >= 0.6 is 11.6 Å². The van der Waals surface area contributed by atoms with E-state index in [0.29, 0.717) is 48.4 Å². The number of carbonyl (C=O) groups excluding carboxylic acids is 1. The fourth-order valence-electron chi connectivity index (χ4n) is 2.45. The van der Waals surface area contributed by atoms with Gasteiger partial charge in [0.2, 0.25) is 0 Å². The lowest BCUT2D eigenvalue weighted by molar-refractivity contribution is 0.0790. The monoisotopic (exact) mass is 326 g/mol. The third kappa shape index (κ3) is 3.84. The predicted octanol–water partition coefficient (Wildman–Crippen LogP) is 2.70. The zero-order valence-corrected chi connectivity index (χ0v) is 13.9. The molecule has 122 valence electrons. The van der Waals surface area contributed by atoms with E-state index in [1.54, 1.807) is 17.0 Å². The van der Waals surface area contributed by atoms with Gasteiger partial charge in [-0.2, -0.15) is 0 Å². The number of amides is 1. The average molecular weight is 327 g/mol. The van der Waals surface area contributed by atoms with Gasteiger partial charge in [-0.05, 0) is 31.9 Å². The Hall–Kier alpha value is -1.46. The number of ether oxygens (including phenoxy) is 2. The number of likely N-dealkylation sites (tertiary alicyclic amines) is 1. The lowest BCUT2D eigenvalue weighted by Gasteiger charge is -2.18. The topological polar surface area (TPSA) is 64.8 Å². The SMILES string of the molecule is CCCOc1c(Cl)cc(C(=O)N2CC[C@H](N)C2)cc1OCC. The summed E-state index contributed by atoms with van der Waals surface area (Å²) >= 11 is 6.29. The molecule has 1 aromatic rings. The maximum Gasteiger partial charge on any atom is 0.254 e. The molecule has 1 heterocycles. The number of nitrogens with two attached hydrogens (primary N) is 1. The summed E-state index contributed by atoms with van der Waals surface area (Å²) in [6.45, 7) is 6.18. The molecule has 1 aromatic carbocycles. The molecule has 0 radical (unpaired) electrons. The van der Waals surface area contributed by atoms with Gasteiger partial charge in [0, 0.05) is 24.7 Å². The van der Waals surface area contributed by atoms with E-state index in [0.717, 1.165) is 12.8 Å². The van der Waals surface area contributed by atoms with Crippen molar-refractivity contribution in [2.45, 2.75) is 32.7 Å². The lowest BCUT2D eigenvalue weighted by Crippen LogP contribution is -2.31. The molecular formula is C16H23ClN2O3. The minimum absolute atomic E-state index is 0.0537. The molecular weight excluding hydrogens is 304 g/mol. The van der Waals surface area contributed by atoms with Gasteiger partial charge in [0.1, 0.15) is 0 Å². The predicted molar refractivity (Wildman–Crippen MR) is 86.9 cm³/mol. The molecule has 0 saturated carbocycles. The zero-order valence-electron chi connectivity index (χ0n) is 13.1. The third-order valence-corrected chi connectivity index (χ3v) is 3.80. The molecule has 1 saturated heterocycles. The summed E-state index contributed by atoms with van der Waals surface area (Å²) in [7, 11) is 0. The van der Waals surface area contributed by atoms with Gasteiger partial charge in [-0.15, -0.1) is 0 Å². The Labute approximate surface area is 136 Å². The highest BCUT2D eigenvalue weighted by molar-refractivity contribution is 6.32. The summed E-state index contributed by atoms with van der Waals surface area (Å²) in [5.74, 6) is 0.938. The van der Waals surface area contributed by atoms with E-state index in [2.05, 4.69) is 0 Å². The standard InChI is InChI=1S/C16H23ClN2O3/c1-3-7-22-15-13(17)8-11(9-14(15)21-4-2)16(20)19-6-5-12(18)10-19/h8-9,12H,3-7,10,18H2,1-2H3/t12-/m0/s1. The normalized spacial score (nSPS) is 17.6. The van der Waals surface area contributed by atoms with Crippen LogP contribution in [0, 0.1) is 0 Å². The summed E-state index contributed by atoms with van der Waals surface area (Å²) in [4.78, 5) is 14.3. The van der Waals surface area contributed by atoms with Crippen molar-refractivity contribution in [2.24, 2.45) is 5.73 Å². The number of nitrogens with zero attached hydrogens (tertiary/aromatic N) is 1. The zero-order chi connectivity index (χ0) is 16.1. The van der Waals surface area contributed by atoms with Crippen molar-refractivity contribution in [1.29, 1.82) is 0 Å². The van der Waals surface area contributed by atoms with Gasteiger partial charge in [-0.3, -0.25) is 4.79 Å². The molecule has 0 aromatic heterocycles. The van der Waals surface area contributed by atoms with Crippen LogP contribution in [0.5, 0.6) is 11.5 Å². The van der Waals surface area contributed by atoms with Crippen molar-refractivity contribution < 1.29 is 14.3 Å². The van der Waals surface area contributed by atoms with Crippen molar-refractivity contribution in [1.82, 2.24) is 4.90 Å². The van der Waals surface area contributed by atoms with Crippen molar-refractivity contribution in [3.8, 4) is 11.5 Å². The Morgan fingerprint density at radius 1 is 1.41 bits per heavy atom.